The minimum atomic E-state index is -3.50. The summed E-state index contributed by atoms with van der Waals surface area (Å²) in [6.07, 6.45) is 0.986. The lowest BCUT2D eigenvalue weighted by Crippen LogP contribution is -2.24. The van der Waals surface area contributed by atoms with Gasteiger partial charge < -0.3 is 5.11 Å². The largest absolute Gasteiger partial charge is 0.481 e. The molecule has 0 aromatic carbocycles. The predicted molar refractivity (Wildman–Crippen MR) is 66.0 cm³/mol. The van der Waals surface area contributed by atoms with Crippen molar-refractivity contribution < 1.29 is 18.3 Å². The fourth-order valence-corrected chi connectivity index (χ4v) is 3.72. The first kappa shape index (κ1) is 14.4. The molecule has 0 saturated heterocycles. The van der Waals surface area contributed by atoms with Crippen LogP contribution in [0.15, 0.2) is 16.3 Å². The van der Waals surface area contributed by atoms with Gasteiger partial charge in [0.05, 0.1) is 4.34 Å². The molecule has 2 N–H and O–H groups in total. The van der Waals surface area contributed by atoms with Crippen LogP contribution in [-0.4, -0.2) is 26.0 Å². The quantitative estimate of drug-likeness (QED) is 0.753. The molecule has 0 aliphatic heterocycles. The highest BCUT2D eigenvalue weighted by Gasteiger charge is 2.15. The molecular weight excluding hydrogens is 286 g/mol. The Hall–Kier alpha value is -0.630. The Bertz CT molecular complexity index is 483. The molecule has 17 heavy (non-hydrogen) atoms. The van der Waals surface area contributed by atoms with Gasteiger partial charge in [0.15, 0.2) is 0 Å². The molecule has 0 spiro atoms. The van der Waals surface area contributed by atoms with E-state index in [2.05, 4.69) is 4.72 Å². The van der Waals surface area contributed by atoms with Gasteiger partial charge in [0.25, 0.3) is 0 Å². The van der Waals surface area contributed by atoms with Gasteiger partial charge in [-0.05, 0) is 25.0 Å². The van der Waals surface area contributed by atoms with Gasteiger partial charge in [-0.1, -0.05) is 11.6 Å². The van der Waals surface area contributed by atoms with Crippen LogP contribution < -0.4 is 4.72 Å². The Morgan fingerprint density at radius 1 is 1.41 bits per heavy atom. The van der Waals surface area contributed by atoms with Crippen LogP contribution in [0.3, 0.4) is 0 Å². The van der Waals surface area contributed by atoms with Crippen molar-refractivity contribution >= 4 is 38.9 Å². The monoisotopic (exact) mass is 297 g/mol. The van der Waals surface area contributed by atoms with E-state index in [9.17, 15) is 13.2 Å². The van der Waals surface area contributed by atoms with Crippen molar-refractivity contribution in [2.45, 2.75) is 23.5 Å². The van der Waals surface area contributed by atoms with Crippen molar-refractivity contribution in [2.75, 3.05) is 6.54 Å². The highest BCUT2D eigenvalue weighted by atomic mass is 35.5. The second-order valence-electron chi connectivity index (χ2n) is 3.31. The molecule has 1 aromatic rings. The van der Waals surface area contributed by atoms with E-state index in [1.807, 2.05) is 0 Å². The SMILES string of the molecule is O=C(O)CCCCNS(=O)(=O)c1ccc(Cl)s1. The number of halogens is 1. The summed E-state index contributed by atoms with van der Waals surface area (Å²) in [5.74, 6) is -0.877. The molecule has 0 fully saturated rings. The van der Waals surface area contributed by atoms with Crippen molar-refractivity contribution in [1.29, 1.82) is 0 Å². The lowest BCUT2D eigenvalue weighted by molar-refractivity contribution is -0.137. The molecule has 0 aliphatic carbocycles. The number of unbranched alkanes of at least 4 members (excludes halogenated alkanes) is 1. The Labute approximate surface area is 108 Å². The standard InChI is InChI=1S/C9H12ClNO4S2/c10-7-4-5-9(16-7)17(14,15)11-6-2-1-3-8(12)13/h4-5,11H,1-3,6H2,(H,12,13). The molecule has 8 heteroatoms. The highest BCUT2D eigenvalue weighted by molar-refractivity contribution is 7.91. The van der Waals surface area contributed by atoms with Crippen LogP contribution >= 0.6 is 22.9 Å². The van der Waals surface area contributed by atoms with E-state index in [1.54, 1.807) is 0 Å². The zero-order valence-electron chi connectivity index (χ0n) is 8.85. The van der Waals surface area contributed by atoms with Gasteiger partial charge in [0.2, 0.25) is 10.0 Å². The first-order valence-electron chi connectivity index (χ1n) is 4.88. The number of aliphatic carboxylic acids is 1. The molecule has 1 rings (SSSR count). The third kappa shape index (κ3) is 5.03. The predicted octanol–water partition coefficient (Wildman–Crippen LogP) is 1.93. The van der Waals surface area contributed by atoms with E-state index in [-0.39, 0.29) is 17.2 Å². The van der Waals surface area contributed by atoms with Crippen LogP contribution in [0.1, 0.15) is 19.3 Å². The molecule has 1 aromatic heterocycles. The maximum Gasteiger partial charge on any atom is 0.303 e. The molecule has 0 bridgehead atoms. The second kappa shape index (κ2) is 6.34. The summed E-state index contributed by atoms with van der Waals surface area (Å²) < 4.78 is 26.3. The molecule has 1 heterocycles. The van der Waals surface area contributed by atoms with Gasteiger partial charge in [-0.2, -0.15) is 0 Å². The first-order chi connectivity index (χ1) is 7.92. The van der Waals surface area contributed by atoms with Crippen molar-refractivity contribution in [3.63, 3.8) is 0 Å². The number of rotatable bonds is 7. The molecule has 0 radical (unpaired) electrons. The number of sulfonamides is 1. The summed E-state index contributed by atoms with van der Waals surface area (Å²) in [7, 11) is -3.50. The average molecular weight is 298 g/mol. The van der Waals surface area contributed by atoms with Crippen LogP contribution in [-0.2, 0) is 14.8 Å². The summed E-state index contributed by atoms with van der Waals surface area (Å²) in [5, 5.41) is 8.40. The Morgan fingerprint density at radius 2 is 2.12 bits per heavy atom. The number of nitrogens with one attached hydrogen (secondary N) is 1. The van der Waals surface area contributed by atoms with Crippen LogP contribution in [0.5, 0.6) is 0 Å². The van der Waals surface area contributed by atoms with Crippen LogP contribution in [0.2, 0.25) is 4.34 Å². The number of thiophene rings is 1. The summed E-state index contributed by atoms with van der Waals surface area (Å²) in [6, 6.07) is 2.96. The lowest BCUT2D eigenvalue weighted by Gasteiger charge is -2.03. The van der Waals surface area contributed by atoms with Gasteiger partial charge in [0, 0.05) is 13.0 Å². The molecular formula is C9H12ClNO4S2. The minimum absolute atomic E-state index is 0.0482. The van der Waals surface area contributed by atoms with E-state index in [0.29, 0.717) is 17.2 Å². The van der Waals surface area contributed by atoms with Crippen molar-refractivity contribution in [3.05, 3.63) is 16.5 Å². The number of carbonyl (C=O) groups is 1. The highest BCUT2D eigenvalue weighted by Crippen LogP contribution is 2.25. The fraction of sp³-hybridized carbons (Fsp3) is 0.444. The maximum absolute atomic E-state index is 11.7. The lowest BCUT2D eigenvalue weighted by atomic mass is 10.2. The third-order valence-corrected chi connectivity index (χ3v) is 5.11. The topological polar surface area (TPSA) is 83.5 Å². The molecule has 0 saturated carbocycles. The van der Waals surface area contributed by atoms with E-state index in [1.165, 1.54) is 12.1 Å². The van der Waals surface area contributed by atoms with Crippen molar-refractivity contribution in [3.8, 4) is 0 Å². The van der Waals surface area contributed by atoms with Crippen molar-refractivity contribution in [2.24, 2.45) is 0 Å². The minimum Gasteiger partial charge on any atom is -0.481 e. The summed E-state index contributed by atoms with van der Waals surface area (Å²) >= 11 is 6.63. The van der Waals surface area contributed by atoms with Gasteiger partial charge in [0.1, 0.15) is 4.21 Å². The molecule has 96 valence electrons. The normalized spacial score (nSPS) is 11.6. The summed E-state index contributed by atoms with van der Waals surface area (Å²) in [5.41, 5.74) is 0. The zero-order valence-corrected chi connectivity index (χ0v) is 11.2. The molecule has 5 nitrogen and oxygen atoms in total. The van der Waals surface area contributed by atoms with Gasteiger partial charge >= 0.3 is 5.97 Å². The maximum atomic E-state index is 11.7. The Balaban J connectivity index is 2.38. The van der Waals surface area contributed by atoms with Gasteiger partial charge in [-0.3, -0.25) is 4.79 Å². The number of carboxylic acids is 1. The molecule has 0 amide bonds. The van der Waals surface area contributed by atoms with Crippen LogP contribution in [0, 0.1) is 0 Å². The van der Waals surface area contributed by atoms with Gasteiger partial charge in [-0.15, -0.1) is 11.3 Å². The second-order valence-corrected chi connectivity index (χ2v) is 7.02. The van der Waals surface area contributed by atoms with Crippen LogP contribution in [0.4, 0.5) is 0 Å². The zero-order chi connectivity index (χ0) is 12.9. The summed E-state index contributed by atoms with van der Waals surface area (Å²) in [6.45, 7) is 0.227. The first-order valence-corrected chi connectivity index (χ1v) is 7.56. The van der Waals surface area contributed by atoms with Crippen molar-refractivity contribution in [1.82, 2.24) is 4.72 Å². The number of carboxylic acid groups (broad SMARTS) is 1. The summed E-state index contributed by atoms with van der Waals surface area (Å²) in [4.78, 5) is 10.2. The molecule has 0 atom stereocenters. The molecule has 0 unspecified atom stereocenters. The third-order valence-electron chi connectivity index (χ3n) is 1.92. The smallest absolute Gasteiger partial charge is 0.303 e. The molecule has 0 aliphatic rings. The Morgan fingerprint density at radius 3 is 2.65 bits per heavy atom. The van der Waals surface area contributed by atoms with E-state index in [0.717, 1.165) is 11.3 Å². The van der Waals surface area contributed by atoms with E-state index < -0.39 is 16.0 Å². The average Bonchev–Trinajstić information content (AvgIpc) is 2.64. The van der Waals surface area contributed by atoms with Crippen LogP contribution in [0.25, 0.3) is 0 Å². The number of hydrogen-bond acceptors (Lipinski definition) is 4. The fourth-order valence-electron chi connectivity index (χ4n) is 1.12. The van der Waals surface area contributed by atoms with E-state index in [4.69, 9.17) is 16.7 Å². The number of hydrogen-bond donors (Lipinski definition) is 2. The van der Waals surface area contributed by atoms with E-state index >= 15 is 0 Å². The van der Waals surface area contributed by atoms with Gasteiger partial charge in [-0.25, -0.2) is 13.1 Å². The Kier molecular flexibility index (Phi) is 5.38.